The lowest BCUT2D eigenvalue weighted by Gasteiger charge is -2.31. The van der Waals surface area contributed by atoms with Crippen molar-refractivity contribution in [1.82, 2.24) is 4.90 Å². The van der Waals surface area contributed by atoms with Crippen molar-refractivity contribution in [3.8, 4) is 11.1 Å². The minimum Gasteiger partial charge on any atom is -0.478 e. The molecule has 0 saturated carbocycles. The summed E-state index contributed by atoms with van der Waals surface area (Å²) in [6.45, 7) is 0.0260. The van der Waals surface area contributed by atoms with Crippen molar-refractivity contribution in [1.29, 1.82) is 0 Å². The van der Waals surface area contributed by atoms with Crippen LogP contribution in [0.2, 0.25) is 0 Å². The number of hydrogen-bond donors (Lipinski definition) is 1. The summed E-state index contributed by atoms with van der Waals surface area (Å²) >= 11 is 0. The van der Waals surface area contributed by atoms with Crippen molar-refractivity contribution in [2.24, 2.45) is 0 Å². The molecule has 3 aromatic rings. The Morgan fingerprint density at radius 2 is 1.70 bits per heavy atom. The van der Waals surface area contributed by atoms with Crippen LogP contribution in [0.1, 0.15) is 33.6 Å². The molecule has 0 bridgehead atoms. The number of piperidine rings is 1. The number of hydrogen-bond acceptors (Lipinski definition) is 2. The van der Waals surface area contributed by atoms with Crippen molar-refractivity contribution in [2.75, 3.05) is 13.1 Å². The maximum atomic E-state index is 14.1. The van der Waals surface area contributed by atoms with Crippen LogP contribution in [0.4, 0.5) is 13.2 Å². The molecular weight excluding hydrogens is 395 g/mol. The molecule has 1 amide bonds. The van der Waals surface area contributed by atoms with Crippen LogP contribution in [0.3, 0.4) is 0 Å². The van der Waals surface area contributed by atoms with Crippen LogP contribution < -0.4 is 0 Å². The fourth-order valence-electron chi connectivity index (χ4n) is 3.74. The van der Waals surface area contributed by atoms with Crippen LogP contribution in [-0.4, -0.2) is 40.9 Å². The third kappa shape index (κ3) is 3.75. The molecule has 0 radical (unpaired) electrons. The molecule has 1 saturated heterocycles. The maximum Gasteiger partial charge on any atom is 0.338 e. The Bertz CT molecular complexity index is 1150. The summed E-state index contributed by atoms with van der Waals surface area (Å²) in [4.78, 5) is 25.2. The van der Waals surface area contributed by atoms with Gasteiger partial charge in [0.25, 0.3) is 11.8 Å². The van der Waals surface area contributed by atoms with Crippen LogP contribution in [0.25, 0.3) is 21.9 Å². The second-order valence-electron chi connectivity index (χ2n) is 7.39. The molecule has 1 fully saturated rings. The number of amides is 1. The number of carboxylic acid groups (broad SMARTS) is 1. The van der Waals surface area contributed by atoms with E-state index in [0.29, 0.717) is 16.7 Å². The number of rotatable bonds is 3. The Labute approximate surface area is 170 Å². The fraction of sp³-hybridized carbons (Fsp3) is 0.217. The molecule has 3 aromatic carbocycles. The van der Waals surface area contributed by atoms with Gasteiger partial charge in [-0.3, -0.25) is 4.79 Å². The van der Waals surface area contributed by atoms with Gasteiger partial charge in [0.05, 0.1) is 5.56 Å². The molecule has 1 N–H and O–H groups in total. The minimum atomic E-state index is -2.72. The maximum absolute atomic E-state index is 14.1. The SMILES string of the molecule is O=C(O)c1ccc(-c2cccc3cc(C(=O)N4CCC(F)(F)CC4)ccc23)cc1F. The molecule has 4 rings (SSSR count). The minimum absolute atomic E-state index is 0.0130. The van der Waals surface area contributed by atoms with Crippen molar-refractivity contribution < 1.29 is 27.9 Å². The highest BCUT2D eigenvalue weighted by Gasteiger charge is 2.35. The first-order valence-corrected chi connectivity index (χ1v) is 9.48. The molecule has 7 heteroatoms. The molecule has 0 aromatic heterocycles. The van der Waals surface area contributed by atoms with Crippen LogP contribution in [0.5, 0.6) is 0 Å². The van der Waals surface area contributed by atoms with Crippen molar-refractivity contribution >= 4 is 22.6 Å². The van der Waals surface area contributed by atoms with Crippen LogP contribution in [0.15, 0.2) is 54.6 Å². The van der Waals surface area contributed by atoms with E-state index in [9.17, 15) is 22.8 Å². The third-order valence-electron chi connectivity index (χ3n) is 5.42. The molecule has 0 atom stereocenters. The largest absolute Gasteiger partial charge is 0.478 e. The van der Waals surface area contributed by atoms with Gasteiger partial charge < -0.3 is 10.0 Å². The van der Waals surface area contributed by atoms with E-state index in [-0.39, 0.29) is 31.8 Å². The lowest BCUT2D eigenvalue weighted by molar-refractivity contribution is -0.0494. The first-order chi connectivity index (χ1) is 14.2. The van der Waals surface area contributed by atoms with Gasteiger partial charge in [-0.1, -0.05) is 30.3 Å². The fourth-order valence-corrected chi connectivity index (χ4v) is 3.74. The van der Waals surface area contributed by atoms with E-state index in [1.54, 1.807) is 30.3 Å². The Kier molecular flexibility index (Phi) is 4.97. The van der Waals surface area contributed by atoms with Crippen LogP contribution in [-0.2, 0) is 0 Å². The number of carboxylic acids is 1. The van der Waals surface area contributed by atoms with Gasteiger partial charge >= 0.3 is 5.97 Å². The third-order valence-corrected chi connectivity index (χ3v) is 5.42. The molecule has 0 spiro atoms. The quantitative estimate of drug-likeness (QED) is 0.641. The predicted molar refractivity (Wildman–Crippen MR) is 106 cm³/mol. The summed E-state index contributed by atoms with van der Waals surface area (Å²) < 4.78 is 40.8. The van der Waals surface area contributed by atoms with E-state index in [1.165, 1.54) is 23.1 Å². The zero-order valence-corrected chi connectivity index (χ0v) is 15.9. The standard InChI is InChI=1S/C23H18F3NO3/c24-20-13-15(4-7-19(20)22(29)30)17-3-1-2-14-12-16(5-6-18(14)17)21(28)27-10-8-23(25,26)9-11-27/h1-7,12-13H,8-11H2,(H,29,30). The van der Waals surface area contributed by atoms with E-state index >= 15 is 0 Å². The topological polar surface area (TPSA) is 57.6 Å². The number of carbonyl (C=O) groups excluding carboxylic acids is 1. The Morgan fingerprint density at radius 3 is 2.37 bits per heavy atom. The Balaban J connectivity index is 1.67. The smallest absolute Gasteiger partial charge is 0.338 e. The second-order valence-corrected chi connectivity index (χ2v) is 7.39. The average molecular weight is 413 g/mol. The van der Waals surface area contributed by atoms with E-state index < -0.39 is 23.3 Å². The number of benzene rings is 3. The second kappa shape index (κ2) is 7.48. The van der Waals surface area contributed by atoms with E-state index in [1.807, 2.05) is 6.07 Å². The van der Waals surface area contributed by atoms with Gasteiger partial charge in [-0.25, -0.2) is 18.0 Å². The summed E-state index contributed by atoms with van der Waals surface area (Å²) in [5.41, 5.74) is 1.21. The summed E-state index contributed by atoms with van der Waals surface area (Å²) in [6, 6.07) is 14.3. The molecule has 0 unspecified atom stereocenters. The number of alkyl halides is 2. The summed E-state index contributed by atoms with van der Waals surface area (Å²) in [6.07, 6.45) is -0.678. The molecule has 154 valence electrons. The zero-order chi connectivity index (χ0) is 21.5. The van der Waals surface area contributed by atoms with E-state index in [4.69, 9.17) is 5.11 Å². The lowest BCUT2D eigenvalue weighted by atomic mass is 9.95. The zero-order valence-electron chi connectivity index (χ0n) is 15.9. The van der Waals surface area contributed by atoms with Crippen molar-refractivity contribution in [2.45, 2.75) is 18.8 Å². The number of fused-ring (bicyclic) bond motifs is 1. The van der Waals surface area contributed by atoms with Crippen LogP contribution in [0, 0.1) is 5.82 Å². The van der Waals surface area contributed by atoms with E-state index in [0.717, 1.165) is 10.8 Å². The van der Waals surface area contributed by atoms with E-state index in [2.05, 4.69) is 0 Å². The first kappa shape index (κ1) is 19.9. The summed E-state index contributed by atoms with van der Waals surface area (Å²) in [5, 5.41) is 10.5. The lowest BCUT2D eigenvalue weighted by Crippen LogP contribution is -2.42. The highest BCUT2D eigenvalue weighted by molar-refractivity contribution is 6.03. The van der Waals surface area contributed by atoms with Gasteiger partial charge in [-0.15, -0.1) is 0 Å². The first-order valence-electron chi connectivity index (χ1n) is 9.48. The van der Waals surface area contributed by atoms with Gasteiger partial charge in [0.1, 0.15) is 5.82 Å². The monoisotopic (exact) mass is 413 g/mol. The van der Waals surface area contributed by atoms with Crippen LogP contribution >= 0.6 is 0 Å². The molecule has 1 aliphatic rings. The highest BCUT2D eigenvalue weighted by atomic mass is 19.3. The summed E-state index contributed by atoms with van der Waals surface area (Å²) in [7, 11) is 0. The Morgan fingerprint density at radius 1 is 0.967 bits per heavy atom. The predicted octanol–water partition coefficient (Wildman–Crippen LogP) is 5.22. The van der Waals surface area contributed by atoms with Gasteiger partial charge in [0.15, 0.2) is 0 Å². The summed E-state index contributed by atoms with van der Waals surface area (Å²) in [5.74, 6) is -5.18. The van der Waals surface area contributed by atoms with Gasteiger partial charge in [0, 0.05) is 31.5 Å². The van der Waals surface area contributed by atoms with Gasteiger partial charge in [0.2, 0.25) is 0 Å². The molecular formula is C23H18F3NO3. The van der Waals surface area contributed by atoms with Crippen molar-refractivity contribution in [3.05, 3.63) is 71.5 Å². The molecule has 0 aliphatic carbocycles. The normalized spacial score (nSPS) is 15.9. The number of halogens is 3. The van der Waals surface area contributed by atoms with Gasteiger partial charge in [-0.2, -0.15) is 0 Å². The molecule has 1 aliphatic heterocycles. The number of nitrogens with zero attached hydrogens (tertiary/aromatic N) is 1. The van der Waals surface area contributed by atoms with Gasteiger partial charge in [-0.05, 0) is 46.2 Å². The Hall–Kier alpha value is -3.35. The number of aromatic carboxylic acids is 1. The number of likely N-dealkylation sites (tertiary alicyclic amines) is 1. The molecule has 4 nitrogen and oxygen atoms in total. The molecule has 1 heterocycles. The number of carbonyl (C=O) groups is 2. The highest BCUT2D eigenvalue weighted by Crippen LogP contribution is 2.32. The molecule has 30 heavy (non-hydrogen) atoms. The van der Waals surface area contributed by atoms with Crippen molar-refractivity contribution in [3.63, 3.8) is 0 Å². The average Bonchev–Trinajstić information content (AvgIpc) is 2.72.